The van der Waals surface area contributed by atoms with Gasteiger partial charge in [0.05, 0.1) is 24.8 Å². The Balaban J connectivity index is 1.85. The molecule has 3 rings (SSSR count). The highest BCUT2D eigenvalue weighted by atomic mass is 16.6. The molecule has 86 valence electrons. The molecule has 0 spiro atoms. The molecule has 4 heteroatoms. The van der Waals surface area contributed by atoms with Crippen molar-refractivity contribution in [3.05, 3.63) is 42.0 Å². The van der Waals surface area contributed by atoms with E-state index in [0.29, 0.717) is 18.7 Å². The van der Waals surface area contributed by atoms with Gasteiger partial charge in [0.15, 0.2) is 0 Å². The van der Waals surface area contributed by atoms with Crippen LogP contribution in [0.3, 0.4) is 0 Å². The Labute approximate surface area is 98.5 Å². The van der Waals surface area contributed by atoms with Gasteiger partial charge in [0.2, 0.25) is 0 Å². The Bertz CT molecular complexity index is 503. The zero-order chi connectivity index (χ0) is 11.8. The molecule has 0 N–H and O–H groups in total. The molecule has 1 saturated heterocycles. The summed E-state index contributed by atoms with van der Waals surface area (Å²) in [5.41, 5.74) is 1.25. The number of hydrogen-bond acceptors (Lipinski definition) is 3. The van der Waals surface area contributed by atoms with Crippen molar-refractivity contribution in [2.24, 2.45) is 0 Å². The molecule has 0 bridgehead atoms. The van der Waals surface area contributed by atoms with E-state index in [1.54, 1.807) is 0 Å². The number of rotatable bonds is 3. The fraction of sp³-hybridized carbons (Fsp3) is 0.231. The van der Waals surface area contributed by atoms with Gasteiger partial charge in [-0.25, -0.2) is 0 Å². The topological polar surface area (TPSA) is 49.9 Å². The highest BCUT2D eigenvalue weighted by molar-refractivity contribution is 6.33. The van der Waals surface area contributed by atoms with Crippen LogP contribution in [0.2, 0.25) is 0 Å². The zero-order valence-corrected chi connectivity index (χ0v) is 9.13. The van der Waals surface area contributed by atoms with E-state index < -0.39 is 0 Å². The molecule has 0 radical (unpaired) electrons. The summed E-state index contributed by atoms with van der Waals surface area (Å²) in [7, 11) is 0. The Kier molecular flexibility index (Phi) is 2.30. The predicted molar refractivity (Wildman–Crippen MR) is 60.9 cm³/mol. The minimum atomic E-state index is -0.246. The third-order valence-electron chi connectivity index (χ3n) is 2.88. The van der Waals surface area contributed by atoms with Crippen LogP contribution in [0.1, 0.15) is 5.56 Å². The molecule has 2 aliphatic rings. The second-order valence-electron chi connectivity index (χ2n) is 4.13. The monoisotopic (exact) mass is 229 g/mol. The lowest BCUT2D eigenvalue weighted by atomic mass is 10.1. The minimum Gasteiger partial charge on any atom is -0.371 e. The van der Waals surface area contributed by atoms with E-state index in [1.807, 2.05) is 30.3 Å². The van der Waals surface area contributed by atoms with E-state index in [2.05, 4.69) is 0 Å². The molecular weight excluding hydrogens is 218 g/mol. The number of amides is 2. The van der Waals surface area contributed by atoms with Crippen molar-refractivity contribution in [2.45, 2.75) is 6.10 Å². The number of imide groups is 1. The van der Waals surface area contributed by atoms with Crippen LogP contribution < -0.4 is 0 Å². The summed E-state index contributed by atoms with van der Waals surface area (Å²) in [4.78, 5) is 25.0. The van der Waals surface area contributed by atoms with Crippen LogP contribution in [0.25, 0.3) is 5.57 Å². The molecule has 1 atom stereocenters. The summed E-state index contributed by atoms with van der Waals surface area (Å²) in [6, 6.07) is 9.23. The second kappa shape index (κ2) is 3.82. The number of carbonyl (C=O) groups is 2. The number of hydrogen-bond donors (Lipinski definition) is 0. The Morgan fingerprint density at radius 3 is 2.59 bits per heavy atom. The van der Waals surface area contributed by atoms with Crippen LogP contribution in [0.5, 0.6) is 0 Å². The first kappa shape index (κ1) is 10.2. The normalized spacial score (nSPS) is 22.9. The number of benzene rings is 1. The van der Waals surface area contributed by atoms with E-state index in [-0.39, 0.29) is 17.9 Å². The van der Waals surface area contributed by atoms with Crippen molar-refractivity contribution < 1.29 is 14.3 Å². The van der Waals surface area contributed by atoms with Crippen molar-refractivity contribution in [3.63, 3.8) is 0 Å². The smallest absolute Gasteiger partial charge is 0.261 e. The summed E-state index contributed by atoms with van der Waals surface area (Å²) >= 11 is 0. The molecule has 17 heavy (non-hydrogen) atoms. The van der Waals surface area contributed by atoms with Crippen molar-refractivity contribution in [1.82, 2.24) is 4.90 Å². The second-order valence-corrected chi connectivity index (χ2v) is 4.13. The van der Waals surface area contributed by atoms with Crippen molar-refractivity contribution in [2.75, 3.05) is 13.2 Å². The van der Waals surface area contributed by atoms with Crippen molar-refractivity contribution in [1.29, 1.82) is 0 Å². The average Bonchev–Trinajstić information content (AvgIpc) is 3.12. The van der Waals surface area contributed by atoms with Crippen LogP contribution in [0.15, 0.2) is 36.4 Å². The molecule has 1 fully saturated rings. The van der Waals surface area contributed by atoms with Crippen LogP contribution in [-0.2, 0) is 14.3 Å². The summed E-state index contributed by atoms with van der Waals surface area (Å²) in [6.07, 6.45) is 1.44. The molecule has 4 nitrogen and oxygen atoms in total. The van der Waals surface area contributed by atoms with Gasteiger partial charge in [-0.1, -0.05) is 30.3 Å². The lowest BCUT2D eigenvalue weighted by molar-refractivity contribution is -0.136. The maximum Gasteiger partial charge on any atom is 0.261 e. The SMILES string of the molecule is O=C1C=C(c2ccccc2)C(=O)N1CC1CO1. The molecule has 0 aromatic heterocycles. The minimum absolute atomic E-state index is 0.0337. The van der Waals surface area contributed by atoms with Crippen LogP contribution in [0, 0.1) is 0 Å². The van der Waals surface area contributed by atoms with Gasteiger partial charge in [-0.2, -0.15) is 0 Å². The van der Waals surface area contributed by atoms with Crippen LogP contribution in [0.4, 0.5) is 0 Å². The summed E-state index contributed by atoms with van der Waals surface area (Å²) < 4.78 is 5.04. The molecule has 0 saturated carbocycles. The van der Waals surface area contributed by atoms with E-state index in [0.717, 1.165) is 5.56 Å². The van der Waals surface area contributed by atoms with Crippen LogP contribution in [-0.4, -0.2) is 36.0 Å². The molecule has 0 aliphatic carbocycles. The highest BCUT2D eigenvalue weighted by Crippen LogP contribution is 2.24. The Morgan fingerprint density at radius 2 is 1.94 bits per heavy atom. The van der Waals surface area contributed by atoms with Gasteiger partial charge in [0.25, 0.3) is 11.8 Å². The number of nitrogens with zero attached hydrogens (tertiary/aromatic N) is 1. The summed E-state index contributed by atoms with van der Waals surface area (Å²) in [6.45, 7) is 1.00. The van der Waals surface area contributed by atoms with Crippen molar-refractivity contribution >= 4 is 17.4 Å². The molecule has 2 amide bonds. The first-order chi connectivity index (χ1) is 8.25. The first-order valence-electron chi connectivity index (χ1n) is 5.50. The quantitative estimate of drug-likeness (QED) is 0.570. The van der Waals surface area contributed by atoms with E-state index >= 15 is 0 Å². The van der Waals surface area contributed by atoms with Gasteiger partial charge < -0.3 is 4.74 Å². The molecular formula is C13H11NO3. The Morgan fingerprint density at radius 1 is 1.24 bits per heavy atom. The lowest BCUT2D eigenvalue weighted by Gasteiger charge is -2.12. The molecule has 2 aliphatic heterocycles. The highest BCUT2D eigenvalue weighted by Gasteiger charge is 2.36. The van der Waals surface area contributed by atoms with E-state index in [9.17, 15) is 9.59 Å². The fourth-order valence-electron chi connectivity index (χ4n) is 1.88. The number of carbonyl (C=O) groups excluding carboxylic acids is 2. The first-order valence-corrected chi connectivity index (χ1v) is 5.50. The van der Waals surface area contributed by atoms with Gasteiger partial charge in [0.1, 0.15) is 0 Å². The third kappa shape index (κ3) is 1.87. The third-order valence-corrected chi connectivity index (χ3v) is 2.88. The van der Waals surface area contributed by atoms with Gasteiger partial charge in [-0.15, -0.1) is 0 Å². The molecule has 2 heterocycles. The van der Waals surface area contributed by atoms with Gasteiger partial charge in [-0.3, -0.25) is 14.5 Å². The maximum atomic E-state index is 12.1. The Hall–Kier alpha value is -1.94. The predicted octanol–water partition coefficient (Wildman–Crippen LogP) is 0.838. The molecule has 1 aromatic rings. The molecule has 1 unspecified atom stereocenters. The standard InChI is InChI=1S/C13H11NO3/c15-12-6-11(9-4-2-1-3-5-9)13(16)14(12)7-10-8-17-10/h1-6,10H,7-8H2. The van der Waals surface area contributed by atoms with E-state index in [4.69, 9.17) is 4.74 Å². The number of epoxide rings is 1. The zero-order valence-electron chi connectivity index (χ0n) is 9.13. The fourth-order valence-corrected chi connectivity index (χ4v) is 1.88. The molecule has 1 aromatic carbocycles. The van der Waals surface area contributed by atoms with Gasteiger partial charge >= 0.3 is 0 Å². The van der Waals surface area contributed by atoms with Crippen LogP contribution >= 0.6 is 0 Å². The number of ether oxygens (including phenoxy) is 1. The van der Waals surface area contributed by atoms with E-state index in [1.165, 1.54) is 11.0 Å². The maximum absolute atomic E-state index is 12.1. The largest absolute Gasteiger partial charge is 0.371 e. The summed E-state index contributed by atoms with van der Waals surface area (Å²) in [5.74, 6) is -0.471. The summed E-state index contributed by atoms with van der Waals surface area (Å²) in [5, 5.41) is 0. The van der Waals surface area contributed by atoms with Gasteiger partial charge in [0, 0.05) is 6.08 Å². The lowest BCUT2D eigenvalue weighted by Crippen LogP contribution is -2.34. The van der Waals surface area contributed by atoms with Gasteiger partial charge in [-0.05, 0) is 5.56 Å². The van der Waals surface area contributed by atoms with Crippen molar-refractivity contribution in [3.8, 4) is 0 Å². The average molecular weight is 229 g/mol.